The molecule has 0 saturated carbocycles. The van der Waals surface area contributed by atoms with E-state index in [1.54, 1.807) is 17.0 Å². The first-order chi connectivity index (χ1) is 10.6. The molecule has 120 valence electrons. The number of ether oxygens (including phenoxy) is 1. The summed E-state index contributed by atoms with van der Waals surface area (Å²) in [7, 11) is 0. The fourth-order valence-electron chi connectivity index (χ4n) is 2.60. The van der Waals surface area contributed by atoms with Crippen LogP contribution in [0.25, 0.3) is 0 Å². The predicted molar refractivity (Wildman–Crippen MR) is 81.6 cm³/mol. The van der Waals surface area contributed by atoms with Crippen LogP contribution in [0.3, 0.4) is 0 Å². The Bertz CT molecular complexity index is 512. The molecule has 0 aliphatic carbocycles. The molecule has 1 fully saturated rings. The molecule has 0 spiro atoms. The Labute approximate surface area is 129 Å². The molecule has 1 aromatic carbocycles. The van der Waals surface area contributed by atoms with Crippen LogP contribution in [0, 0.1) is 10.1 Å². The summed E-state index contributed by atoms with van der Waals surface area (Å²) in [6, 6.07) is 6.25. The van der Waals surface area contributed by atoms with E-state index in [-0.39, 0.29) is 24.4 Å². The van der Waals surface area contributed by atoms with Gasteiger partial charge in [-0.1, -0.05) is 0 Å². The van der Waals surface area contributed by atoms with Crippen LogP contribution in [0.1, 0.15) is 25.3 Å². The zero-order valence-corrected chi connectivity index (χ0v) is 12.7. The van der Waals surface area contributed by atoms with E-state index in [2.05, 4.69) is 5.32 Å². The van der Waals surface area contributed by atoms with Crippen LogP contribution in [-0.4, -0.2) is 41.6 Å². The Balaban J connectivity index is 1.88. The van der Waals surface area contributed by atoms with Crippen molar-refractivity contribution >= 4 is 11.8 Å². The van der Waals surface area contributed by atoms with Gasteiger partial charge >= 0.3 is 6.09 Å². The van der Waals surface area contributed by atoms with Gasteiger partial charge in [0.25, 0.3) is 5.69 Å². The van der Waals surface area contributed by atoms with Gasteiger partial charge in [0.2, 0.25) is 0 Å². The first kappa shape index (κ1) is 16.2. The van der Waals surface area contributed by atoms with Gasteiger partial charge in [0.15, 0.2) is 0 Å². The molecule has 1 heterocycles. The van der Waals surface area contributed by atoms with Crippen molar-refractivity contribution in [1.82, 2.24) is 10.2 Å². The predicted octanol–water partition coefficient (Wildman–Crippen LogP) is 2.31. The summed E-state index contributed by atoms with van der Waals surface area (Å²) in [5.41, 5.74) is 0.764. The summed E-state index contributed by atoms with van der Waals surface area (Å²) in [4.78, 5) is 24.1. The van der Waals surface area contributed by atoms with Crippen molar-refractivity contribution in [2.75, 3.05) is 19.6 Å². The fraction of sp³-hybridized carbons (Fsp3) is 0.533. The Hall–Kier alpha value is -2.15. The van der Waals surface area contributed by atoms with Crippen molar-refractivity contribution < 1.29 is 14.5 Å². The molecule has 1 amide bonds. The lowest BCUT2D eigenvalue weighted by atomic mass is 10.1. The Kier molecular flexibility index (Phi) is 5.71. The van der Waals surface area contributed by atoms with Gasteiger partial charge in [-0.2, -0.15) is 0 Å². The number of non-ortho nitro benzene ring substituents is 1. The molecular weight excluding hydrogens is 286 g/mol. The van der Waals surface area contributed by atoms with E-state index >= 15 is 0 Å². The minimum Gasteiger partial charge on any atom is -0.445 e. The maximum atomic E-state index is 12.2. The Morgan fingerprint density at radius 1 is 1.36 bits per heavy atom. The molecule has 0 bridgehead atoms. The van der Waals surface area contributed by atoms with Crippen LogP contribution < -0.4 is 5.32 Å². The van der Waals surface area contributed by atoms with Crippen molar-refractivity contribution in [3.8, 4) is 0 Å². The topological polar surface area (TPSA) is 84.7 Å². The SMILES string of the molecule is CCN(C(=O)OCc1ccc([N+](=O)[O-])cc1)C1CCNCC1. The number of amides is 1. The Morgan fingerprint density at radius 2 is 2.00 bits per heavy atom. The normalized spacial score (nSPS) is 15.3. The van der Waals surface area contributed by atoms with Crippen molar-refractivity contribution in [2.24, 2.45) is 0 Å². The maximum Gasteiger partial charge on any atom is 0.410 e. The number of carbonyl (C=O) groups is 1. The van der Waals surface area contributed by atoms with Crippen LogP contribution in [0.15, 0.2) is 24.3 Å². The molecule has 22 heavy (non-hydrogen) atoms. The minimum atomic E-state index is -0.453. The zero-order chi connectivity index (χ0) is 15.9. The average Bonchev–Trinajstić information content (AvgIpc) is 2.55. The molecule has 2 rings (SSSR count). The number of piperidine rings is 1. The zero-order valence-electron chi connectivity index (χ0n) is 12.7. The first-order valence-electron chi connectivity index (χ1n) is 7.49. The van der Waals surface area contributed by atoms with E-state index < -0.39 is 4.92 Å². The lowest BCUT2D eigenvalue weighted by Crippen LogP contribution is -2.46. The molecule has 0 aromatic heterocycles. The highest BCUT2D eigenvalue weighted by atomic mass is 16.6. The molecule has 0 radical (unpaired) electrons. The van der Waals surface area contributed by atoms with Gasteiger partial charge in [-0.05, 0) is 50.6 Å². The third-order valence-electron chi connectivity index (χ3n) is 3.83. The minimum absolute atomic E-state index is 0.0277. The molecule has 1 aliphatic heterocycles. The second kappa shape index (κ2) is 7.74. The number of hydrogen-bond donors (Lipinski definition) is 1. The highest BCUT2D eigenvalue weighted by molar-refractivity contribution is 5.68. The third-order valence-corrected chi connectivity index (χ3v) is 3.83. The molecule has 7 heteroatoms. The van der Waals surface area contributed by atoms with Crippen LogP contribution in [-0.2, 0) is 11.3 Å². The van der Waals surface area contributed by atoms with Gasteiger partial charge in [-0.15, -0.1) is 0 Å². The standard InChI is InChI=1S/C15H21N3O4/c1-2-17(13-7-9-16-10-8-13)15(19)22-11-12-3-5-14(6-4-12)18(20)21/h3-6,13,16H,2,7-11H2,1H3. The van der Waals surface area contributed by atoms with E-state index in [4.69, 9.17) is 4.74 Å². The summed E-state index contributed by atoms with van der Waals surface area (Å²) in [5.74, 6) is 0. The third kappa shape index (κ3) is 4.17. The van der Waals surface area contributed by atoms with Crippen LogP contribution in [0.5, 0.6) is 0 Å². The molecule has 0 unspecified atom stereocenters. The van der Waals surface area contributed by atoms with Crippen LogP contribution in [0.4, 0.5) is 10.5 Å². The van der Waals surface area contributed by atoms with E-state index in [0.717, 1.165) is 31.5 Å². The number of rotatable bonds is 5. The monoisotopic (exact) mass is 307 g/mol. The molecule has 1 aromatic rings. The molecular formula is C15H21N3O4. The van der Waals surface area contributed by atoms with Gasteiger partial charge in [-0.3, -0.25) is 10.1 Å². The molecule has 7 nitrogen and oxygen atoms in total. The van der Waals surface area contributed by atoms with Gasteiger partial charge in [0, 0.05) is 24.7 Å². The number of hydrogen-bond acceptors (Lipinski definition) is 5. The molecule has 1 saturated heterocycles. The summed E-state index contributed by atoms with van der Waals surface area (Å²) >= 11 is 0. The molecule has 1 N–H and O–H groups in total. The highest BCUT2D eigenvalue weighted by Gasteiger charge is 2.25. The number of carbonyl (C=O) groups excluding carboxylic acids is 1. The van der Waals surface area contributed by atoms with Crippen molar-refractivity contribution in [3.63, 3.8) is 0 Å². The number of benzene rings is 1. The average molecular weight is 307 g/mol. The van der Waals surface area contributed by atoms with Crippen LogP contribution in [0.2, 0.25) is 0 Å². The lowest BCUT2D eigenvalue weighted by Gasteiger charge is -2.33. The van der Waals surface area contributed by atoms with Gasteiger partial charge < -0.3 is 15.0 Å². The summed E-state index contributed by atoms with van der Waals surface area (Å²) in [6.07, 6.45) is 1.54. The second-order valence-corrected chi connectivity index (χ2v) is 5.25. The number of nitro groups is 1. The largest absolute Gasteiger partial charge is 0.445 e. The fourth-order valence-corrected chi connectivity index (χ4v) is 2.60. The van der Waals surface area contributed by atoms with Crippen molar-refractivity contribution in [3.05, 3.63) is 39.9 Å². The van der Waals surface area contributed by atoms with Gasteiger partial charge in [0.1, 0.15) is 6.61 Å². The summed E-state index contributed by atoms with van der Waals surface area (Å²) in [5, 5.41) is 13.9. The second-order valence-electron chi connectivity index (χ2n) is 5.25. The maximum absolute atomic E-state index is 12.2. The lowest BCUT2D eigenvalue weighted by molar-refractivity contribution is -0.384. The van der Waals surface area contributed by atoms with E-state index in [0.29, 0.717) is 6.54 Å². The van der Waals surface area contributed by atoms with Gasteiger partial charge in [-0.25, -0.2) is 4.79 Å². The van der Waals surface area contributed by atoms with E-state index in [1.807, 2.05) is 6.92 Å². The first-order valence-corrected chi connectivity index (χ1v) is 7.49. The molecule has 1 aliphatic rings. The number of nitro benzene ring substituents is 1. The van der Waals surface area contributed by atoms with Crippen molar-refractivity contribution in [2.45, 2.75) is 32.4 Å². The quantitative estimate of drug-likeness (QED) is 0.666. The summed E-state index contributed by atoms with van der Waals surface area (Å²) in [6.45, 7) is 4.50. The number of nitrogens with one attached hydrogen (secondary N) is 1. The van der Waals surface area contributed by atoms with Crippen LogP contribution >= 0.6 is 0 Å². The van der Waals surface area contributed by atoms with Crippen molar-refractivity contribution in [1.29, 1.82) is 0 Å². The highest BCUT2D eigenvalue weighted by Crippen LogP contribution is 2.15. The van der Waals surface area contributed by atoms with Gasteiger partial charge in [0.05, 0.1) is 4.92 Å². The number of nitrogens with zero attached hydrogens (tertiary/aromatic N) is 2. The van der Waals surface area contributed by atoms with E-state index in [9.17, 15) is 14.9 Å². The van der Waals surface area contributed by atoms with E-state index in [1.165, 1.54) is 12.1 Å². The Morgan fingerprint density at radius 3 is 2.55 bits per heavy atom. The molecule has 0 atom stereocenters. The smallest absolute Gasteiger partial charge is 0.410 e. The summed E-state index contributed by atoms with van der Waals surface area (Å²) < 4.78 is 5.33.